The van der Waals surface area contributed by atoms with Crippen molar-refractivity contribution in [2.75, 3.05) is 13.7 Å². The molecule has 0 heterocycles. The average Bonchev–Trinajstić information content (AvgIpc) is 2.21. The number of halogens is 1. The van der Waals surface area contributed by atoms with Crippen LogP contribution in [0.15, 0.2) is 18.2 Å². The first-order chi connectivity index (χ1) is 7.54. The van der Waals surface area contributed by atoms with Gasteiger partial charge in [-0.2, -0.15) is 0 Å². The van der Waals surface area contributed by atoms with Crippen molar-refractivity contribution in [2.24, 2.45) is 0 Å². The Morgan fingerprint density at radius 2 is 2.12 bits per heavy atom. The molecule has 6 heteroatoms. The minimum absolute atomic E-state index is 0.0184. The molecule has 0 saturated carbocycles. The topological polar surface area (TPSA) is 58.9 Å². The molecule has 0 saturated heterocycles. The summed E-state index contributed by atoms with van der Waals surface area (Å²) in [6.45, 7) is 2.05. The lowest BCUT2D eigenvalue weighted by Gasteiger charge is -2.15. The van der Waals surface area contributed by atoms with Gasteiger partial charge in [-0.1, -0.05) is 6.07 Å². The van der Waals surface area contributed by atoms with Crippen molar-refractivity contribution in [2.45, 2.75) is 13.0 Å². The molecule has 4 nitrogen and oxygen atoms in total. The summed E-state index contributed by atoms with van der Waals surface area (Å²) >= 11 is 0. The third kappa shape index (κ3) is 3.48. The SMILES string of the molecule is COCC(C)Oc1cc(B(O)O)ccc1F. The van der Waals surface area contributed by atoms with Crippen LogP contribution in [0.5, 0.6) is 5.75 Å². The van der Waals surface area contributed by atoms with Gasteiger partial charge in [-0.3, -0.25) is 0 Å². The Kier molecular flexibility index (Phi) is 4.73. The molecule has 1 rings (SSSR count). The fourth-order valence-electron chi connectivity index (χ4n) is 1.26. The molecule has 0 amide bonds. The van der Waals surface area contributed by atoms with E-state index in [2.05, 4.69) is 0 Å². The Morgan fingerprint density at radius 1 is 1.44 bits per heavy atom. The molecule has 0 aliphatic carbocycles. The minimum Gasteiger partial charge on any atom is -0.485 e. The van der Waals surface area contributed by atoms with E-state index in [1.165, 1.54) is 19.2 Å². The Morgan fingerprint density at radius 3 is 2.69 bits per heavy atom. The number of rotatable bonds is 5. The summed E-state index contributed by atoms with van der Waals surface area (Å²) in [4.78, 5) is 0. The van der Waals surface area contributed by atoms with Gasteiger partial charge in [-0.25, -0.2) is 4.39 Å². The summed E-state index contributed by atoms with van der Waals surface area (Å²) in [5.41, 5.74) is 0.181. The van der Waals surface area contributed by atoms with Gasteiger partial charge in [0, 0.05) is 7.11 Å². The number of hydrogen-bond acceptors (Lipinski definition) is 4. The number of benzene rings is 1. The van der Waals surface area contributed by atoms with Crippen LogP contribution in [0.4, 0.5) is 4.39 Å². The zero-order valence-electron chi connectivity index (χ0n) is 9.18. The van der Waals surface area contributed by atoms with E-state index in [4.69, 9.17) is 19.5 Å². The van der Waals surface area contributed by atoms with Crippen LogP contribution < -0.4 is 10.2 Å². The number of ether oxygens (including phenoxy) is 2. The largest absolute Gasteiger partial charge is 0.488 e. The predicted octanol–water partition coefficient (Wildman–Crippen LogP) is -0.0808. The van der Waals surface area contributed by atoms with Crippen molar-refractivity contribution >= 4 is 12.6 Å². The first kappa shape index (κ1) is 13.0. The molecule has 1 unspecified atom stereocenters. The third-order valence-corrected chi connectivity index (χ3v) is 1.98. The molecule has 88 valence electrons. The van der Waals surface area contributed by atoms with Crippen LogP contribution in [0.25, 0.3) is 0 Å². The van der Waals surface area contributed by atoms with Crippen LogP contribution >= 0.6 is 0 Å². The summed E-state index contributed by atoms with van der Waals surface area (Å²) in [5, 5.41) is 17.9. The van der Waals surface area contributed by atoms with Crippen molar-refractivity contribution in [1.82, 2.24) is 0 Å². The van der Waals surface area contributed by atoms with Crippen LogP contribution in [0.2, 0.25) is 0 Å². The van der Waals surface area contributed by atoms with Gasteiger partial charge in [-0.15, -0.1) is 0 Å². The zero-order valence-corrected chi connectivity index (χ0v) is 9.18. The second-order valence-electron chi connectivity index (χ2n) is 3.45. The van der Waals surface area contributed by atoms with E-state index in [0.29, 0.717) is 6.61 Å². The summed E-state index contributed by atoms with van der Waals surface area (Å²) < 4.78 is 23.4. The van der Waals surface area contributed by atoms with Gasteiger partial charge in [0.2, 0.25) is 0 Å². The Hall–Kier alpha value is -1.11. The average molecular weight is 228 g/mol. The first-order valence-electron chi connectivity index (χ1n) is 4.85. The molecular weight excluding hydrogens is 214 g/mol. The van der Waals surface area contributed by atoms with Crippen molar-refractivity contribution in [3.05, 3.63) is 24.0 Å². The lowest BCUT2D eigenvalue weighted by Crippen LogP contribution is -2.30. The van der Waals surface area contributed by atoms with E-state index in [1.807, 2.05) is 0 Å². The number of hydrogen-bond donors (Lipinski definition) is 2. The van der Waals surface area contributed by atoms with E-state index >= 15 is 0 Å². The smallest absolute Gasteiger partial charge is 0.485 e. The van der Waals surface area contributed by atoms with Gasteiger partial charge in [0.05, 0.1) is 6.61 Å². The monoisotopic (exact) mass is 228 g/mol. The molecule has 0 radical (unpaired) electrons. The van der Waals surface area contributed by atoms with E-state index in [0.717, 1.165) is 6.07 Å². The zero-order chi connectivity index (χ0) is 12.1. The van der Waals surface area contributed by atoms with Gasteiger partial charge in [0.1, 0.15) is 6.10 Å². The molecule has 1 aromatic carbocycles. The molecule has 2 N–H and O–H groups in total. The summed E-state index contributed by atoms with van der Waals surface area (Å²) in [7, 11) is -0.120. The predicted molar refractivity (Wildman–Crippen MR) is 58.2 cm³/mol. The lowest BCUT2D eigenvalue weighted by molar-refractivity contribution is 0.0893. The molecule has 0 spiro atoms. The standard InChI is InChI=1S/C10H14BFO4/c1-7(6-15-2)16-10-5-8(11(13)14)3-4-9(10)12/h3-5,7,13-14H,6H2,1-2H3. The maximum atomic E-state index is 13.3. The molecular formula is C10H14BFO4. The highest BCUT2D eigenvalue weighted by atomic mass is 19.1. The Bertz CT molecular complexity index is 346. The molecule has 0 aliphatic heterocycles. The maximum absolute atomic E-state index is 13.3. The molecule has 0 bridgehead atoms. The van der Waals surface area contributed by atoms with Crippen LogP contribution in [-0.4, -0.2) is 37.0 Å². The molecule has 1 atom stereocenters. The van der Waals surface area contributed by atoms with Gasteiger partial charge in [-0.05, 0) is 24.5 Å². The van der Waals surface area contributed by atoms with E-state index < -0.39 is 12.9 Å². The molecule has 1 aromatic rings. The highest BCUT2D eigenvalue weighted by molar-refractivity contribution is 6.58. The van der Waals surface area contributed by atoms with Crippen LogP contribution in [0, 0.1) is 5.82 Å². The van der Waals surface area contributed by atoms with Gasteiger partial charge < -0.3 is 19.5 Å². The maximum Gasteiger partial charge on any atom is 0.488 e. The fraction of sp³-hybridized carbons (Fsp3) is 0.400. The van der Waals surface area contributed by atoms with Crippen molar-refractivity contribution in [1.29, 1.82) is 0 Å². The summed E-state index contributed by atoms with van der Waals surface area (Å²) in [6.07, 6.45) is -0.314. The van der Waals surface area contributed by atoms with E-state index in [-0.39, 0.29) is 17.3 Å². The Labute approximate surface area is 93.8 Å². The molecule has 0 aliphatic rings. The van der Waals surface area contributed by atoms with E-state index in [9.17, 15) is 4.39 Å². The quantitative estimate of drug-likeness (QED) is 0.692. The van der Waals surface area contributed by atoms with Crippen molar-refractivity contribution in [3.8, 4) is 5.75 Å². The first-order valence-corrected chi connectivity index (χ1v) is 4.85. The van der Waals surface area contributed by atoms with Gasteiger partial charge >= 0.3 is 7.12 Å². The summed E-state index contributed by atoms with van der Waals surface area (Å²) in [5.74, 6) is -0.567. The van der Waals surface area contributed by atoms with Gasteiger partial charge in [0.25, 0.3) is 0 Å². The molecule has 16 heavy (non-hydrogen) atoms. The van der Waals surface area contributed by atoms with Crippen LogP contribution in [0.3, 0.4) is 0 Å². The number of methoxy groups -OCH3 is 1. The second-order valence-corrected chi connectivity index (χ2v) is 3.45. The highest BCUT2D eigenvalue weighted by Gasteiger charge is 2.15. The normalized spacial score (nSPS) is 12.3. The van der Waals surface area contributed by atoms with E-state index in [1.54, 1.807) is 6.92 Å². The van der Waals surface area contributed by atoms with Crippen LogP contribution in [-0.2, 0) is 4.74 Å². The van der Waals surface area contributed by atoms with Crippen molar-refractivity contribution < 1.29 is 23.9 Å². The van der Waals surface area contributed by atoms with Gasteiger partial charge in [0.15, 0.2) is 11.6 Å². The fourth-order valence-corrected chi connectivity index (χ4v) is 1.26. The van der Waals surface area contributed by atoms with Crippen LogP contribution in [0.1, 0.15) is 6.92 Å². The summed E-state index contributed by atoms with van der Waals surface area (Å²) in [6, 6.07) is 3.67. The minimum atomic E-state index is -1.64. The molecule has 0 aromatic heterocycles. The third-order valence-electron chi connectivity index (χ3n) is 1.98. The Balaban J connectivity index is 2.81. The second kappa shape index (κ2) is 5.84. The van der Waals surface area contributed by atoms with Crippen molar-refractivity contribution in [3.63, 3.8) is 0 Å². The lowest BCUT2D eigenvalue weighted by atomic mass is 9.80. The highest BCUT2D eigenvalue weighted by Crippen LogP contribution is 2.16. The molecule has 0 fully saturated rings.